The molecule has 1 heterocycles. The third-order valence-corrected chi connectivity index (χ3v) is 4.01. The van der Waals surface area contributed by atoms with Gasteiger partial charge in [0.1, 0.15) is 0 Å². The highest BCUT2D eigenvalue weighted by Crippen LogP contribution is 2.22. The van der Waals surface area contributed by atoms with Crippen LogP contribution in [0, 0.1) is 5.92 Å². The highest BCUT2D eigenvalue weighted by molar-refractivity contribution is 5.81. The van der Waals surface area contributed by atoms with Gasteiger partial charge in [0.05, 0.1) is 6.04 Å². The molecule has 0 radical (unpaired) electrons. The molecule has 5 nitrogen and oxygen atoms in total. The van der Waals surface area contributed by atoms with E-state index in [1.807, 2.05) is 20.8 Å². The van der Waals surface area contributed by atoms with Crippen LogP contribution in [0.15, 0.2) is 0 Å². The maximum absolute atomic E-state index is 12.0. The normalized spacial score (nSPS) is 23.0. The molecule has 1 saturated heterocycles. The van der Waals surface area contributed by atoms with Crippen LogP contribution in [0.1, 0.15) is 46.5 Å². The van der Waals surface area contributed by atoms with Crippen LogP contribution in [-0.2, 0) is 9.59 Å². The van der Waals surface area contributed by atoms with Crippen LogP contribution in [-0.4, -0.2) is 47.1 Å². The van der Waals surface area contributed by atoms with Crippen molar-refractivity contribution < 1.29 is 14.7 Å². The number of hydrogen-bond donors (Lipinski definition) is 2. The molecule has 110 valence electrons. The molecule has 0 bridgehead atoms. The summed E-state index contributed by atoms with van der Waals surface area (Å²) in [6, 6.07) is 0.0872. The zero-order valence-electron chi connectivity index (χ0n) is 12.2. The number of hydrogen-bond acceptors (Lipinski definition) is 3. The van der Waals surface area contributed by atoms with E-state index >= 15 is 0 Å². The van der Waals surface area contributed by atoms with Crippen LogP contribution in [0.25, 0.3) is 0 Å². The molecule has 19 heavy (non-hydrogen) atoms. The number of carboxylic acid groups (broad SMARTS) is 1. The number of rotatable bonds is 7. The average Bonchev–Trinajstić information content (AvgIpc) is 2.83. The van der Waals surface area contributed by atoms with Gasteiger partial charge in [0.25, 0.3) is 0 Å². The number of nitrogens with one attached hydrogen (secondary N) is 1. The van der Waals surface area contributed by atoms with Crippen molar-refractivity contribution in [1.82, 2.24) is 10.2 Å². The van der Waals surface area contributed by atoms with Gasteiger partial charge in [-0.25, -0.2) is 0 Å². The van der Waals surface area contributed by atoms with E-state index in [-0.39, 0.29) is 24.4 Å². The van der Waals surface area contributed by atoms with Crippen LogP contribution in [0.2, 0.25) is 0 Å². The summed E-state index contributed by atoms with van der Waals surface area (Å²) in [4.78, 5) is 24.7. The van der Waals surface area contributed by atoms with E-state index in [1.165, 1.54) is 0 Å². The first kappa shape index (κ1) is 16.0. The van der Waals surface area contributed by atoms with Gasteiger partial charge >= 0.3 is 5.97 Å². The molecule has 0 aromatic rings. The Morgan fingerprint density at radius 2 is 2.11 bits per heavy atom. The lowest BCUT2D eigenvalue weighted by Crippen LogP contribution is -2.46. The van der Waals surface area contributed by atoms with E-state index in [4.69, 9.17) is 5.11 Å². The van der Waals surface area contributed by atoms with Crippen molar-refractivity contribution in [3.8, 4) is 0 Å². The third-order valence-electron chi connectivity index (χ3n) is 4.01. The first-order chi connectivity index (χ1) is 8.93. The summed E-state index contributed by atoms with van der Waals surface area (Å²) >= 11 is 0. The molecule has 1 fully saturated rings. The van der Waals surface area contributed by atoms with Crippen LogP contribution >= 0.6 is 0 Å². The van der Waals surface area contributed by atoms with Crippen LogP contribution in [0.3, 0.4) is 0 Å². The molecule has 2 N–H and O–H groups in total. The standard InChI is InChI=1S/C14H26N2O3/c1-4-10(2)15-14(19)11(3)16-8-7-12(9-16)5-6-13(17)18/h10-12H,4-9H2,1-3H3,(H,15,19)(H,17,18). The molecule has 1 aliphatic heterocycles. The van der Waals surface area contributed by atoms with Gasteiger partial charge in [-0.05, 0) is 45.6 Å². The lowest BCUT2D eigenvalue weighted by atomic mass is 10.0. The second kappa shape index (κ2) is 7.48. The number of carboxylic acids is 1. The summed E-state index contributed by atoms with van der Waals surface area (Å²) in [5, 5.41) is 11.7. The number of carbonyl (C=O) groups is 2. The van der Waals surface area contributed by atoms with E-state index in [0.717, 1.165) is 25.9 Å². The predicted molar refractivity (Wildman–Crippen MR) is 73.9 cm³/mol. The highest BCUT2D eigenvalue weighted by atomic mass is 16.4. The van der Waals surface area contributed by atoms with E-state index in [9.17, 15) is 9.59 Å². The topological polar surface area (TPSA) is 69.6 Å². The van der Waals surface area contributed by atoms with Crippen molar-refractivity contribution in [2.24, 2.45) is 5.92 Å². The minimum atomic E-state index is -0.735. The fraction of sp³-hybridized carbons (Fsp3) is 0.857. The molecule has 0 spiro atoms. The quantitative estimate of drug-likeness (QED) is 0.735. The summed E-state index contributed by atoms with van der Waals surface area (Å²) in [5.74, 6) is -0.246. The van der Waals surface area contributed by atoms with Crippen molar-refractivity contribution in [3.05, 3.63) is 0 Å². The van der Waals surface area contributed by atoms with Crippen molar-refractivity contribution >= 4 is 11.9 Å². The third kappa shape index (κ3) is 5.19. The molecule has 0 aliphatic carbocycles. The van der Waals surface area contributed by atoms with E-state index < -0.39 is 5.97 Å². The van der Waals surface area contributed by atoms with Gasteiger partial charge in [-0.1, -0.05) is 6.92 Å². The van der Waals surface area contributed by atoms with Crippen molar-refractivity contribution in [1.29, 1.82) is 0 Å². The summed E-state index contributed by atoms with van der Waals surface area (Å²) in [6.07, 6.45) is 2.87. The number of nitrogens with zero attached hydrogens (tertiary/aromatic N) is 1. The molecule has 0 aromatic heterocycles. The van der Waals surface area contributed by atoms with Gasteiger partial charge in [-0.2, -0.15) is 0 Å². The second-order valence-electron chi connectivity index (χ2n) is 5.58. The van der Waals surface area contributed by atoms with E-state index in [0.29, 0.717) is 12.3 Å². The lowest BCUT2D eigenvalue weighted by Gasteiger charge is -2.25. The van der Waals surface area contributed by atoms with Crippen molar-refractivity contribution in [2.75, 3.05) is 13.1 Å². The number of likely N-dealkylation sites (tertiary alicyclic amines) is 1. The predicted octanol–water partition coefficient (Wildman–Crippen LogP) is 1.48. The molecular formula is C14H26N2O3. The highest BCUT2D eigenvalue weighted by Gasteiger charge is 2.29. The Kier molecular flexibility index (Phi) is 6.28. The Bertz CT molecular complexity index is 320. The van der Waals surface area contributed by atoms with Gasteiger partial charge in [-0.3, -0.25) is 14.5 Å². The Hall–Kier alpha value is -1.10. The number of aliphatic carboxylic acids is 1. The van der Waals surface area contributed by atoms with Crippen molar-refractivity contribution in [3.63, 3.8) is 0 Å². The average molecular weight is 270 g/mol. The largest absolute Gasteiger partial charge is 0.481 e. The summed E-state index contributed by atoms with van der Waals surface area (Å²) < 4.78 is 0. The monoisotopic (exact) mass is 270 g/mol. The summed E-state index contributed by atoms with van der Waals surface area (Å²) in [6.45, 7) is 7.71. The van der Waals surface area contributed by atoms with E-state index in [1.54, 1.807) is 0 Å². The maximum Gasteiger partial charge on any atom is 0.303 e. The lowest BCUT2D eigenvalue weighted by molar-refractivity contribution is -0.137. The zero-order chi connectivity index (χ0) is 14.4. The fourth-order valence-electron chi connectivity index (χ4n) is 2.41. The molecule has 1 amide bonds. The molecular weight excluding hydrogens is 244 g/mol. The maximum atomic E-state index is 12.0. The van der Waals surface area contributed by atoms with Gasteiger partial charge in [0.15, 0.2) is 0 Å². The molecule has 1 rings (SSSR count). The molecule has 0 aromatic carbocycles. The SMILES string of the molecule is CCC(C)NC(=O)C(C)N1CCC(CCC(=O)O)C1. The van der Waals surface area contributed by atoms with Gasteiger partial charge < -0.3 is 10.4 Å². The fourth-order valence-corrected chi connectivity index (χ4v) is 2.41. The van der Waals surface area contributed by atoms with Crippen molar-refractivity contribution in [2.45, 2.75) is 58.5 Å². The second-order valence-corrected chi connectivity index (χ2v) is 5.58. The molecule has 3 atom stereocenters. The van der Waals surface area contributed by atoms with E-state index in [2.05, 4.69) is 10.2 Å². The van der Waals surface area contributed by atoms with Crippen LogP contribution in [0.5, 0.6) is 0 Å². The number of amides is 1. The van der Waals surface area contributed by atoms with Gasteiger partial charge in [0, 0.05) is 19.0 Å². The summed E-state index contributed by atoms with van der Waals surface area (Å²) in [5.41, 5.74) is 0. The molecule has 1 aliphatic rings. The molecule has 0 saturated carbocycles. The minimum Gasteiger partial charge on any atom is -0.481 e. The molecule has 3 unspecified atom stereocenters. The van der Waals surface area contributed by atoms with Gasteiger partial charge in [-0.15, -0.1) is 0 Å². The first-order valence-electron chi connectivity index (χ1n) is 7.20. The first-order valence-corrected chi connectivity index (χ1v) is 7.20. The van der Waals surface area contributed by atoms with Crippen LogP contribution in [0.4, 0.5) is 0 Å². The number of carbonyl (C=O) groups excluding carboxylic acids is 1. The smallest absolute Gasteiger partial charge is 0.303 e. The Morgan fingerprint density at radius 1 is 1.42 bits per heavy atom. The Labute approximate surface area is 115 Å². The Morgan fingerprint density at radius 3 is 2.68 bits per heavy atom. The minimum absolute atomic E-state index is 0.0771. The summed E-state index contributed by atoms with van der Waals surface area (Å²) in [7, 11) is 0. The van der Waals surface area contributed by atoms with Crippen LogP contribution < -0.4 is 5.32 Å². The Balaban J connectivity index is 2.36. The zero-order valence-corrected chi connectivity index (χ0v) is 12.2. The van der Waals surface area contributed by atoms with Gasteiger partial charge in [0.2, 0.25) is 5.91 Å². The molecule has 5 heteroatoms.